The van der Waals surface area contributed by atoms with Crippen molar-refractivity contribution in [1.29, 1.82) is 0 Å². The normalized spacial score (nSPS) is 18.2. The van der Waals surface area contributed by atoms with Gasteiger partial charge in [0.1, 0.15) is 18.5 Å². The molecule has 0 spiro atoms. The molecule has 134 valence electrons. The summed E-state index contributed by atoms with van der Waals surface area (Å²) in [5.41, 5.74) is 4.46. The first-order valence-corrected chi connectivity index (χ1v) is 8.85. The van der Waals surface area contributed by atoms with E-state index in [1.165, 1.54) is 18.0 Å². The molecule has 3 aromatic rings. The maximum atomic E-state index is 13.7. The van der Waals surface area contributed by atoms with Crippen LogP contribution in [0.5, 0.6) is 0 Å². The number of rotatable bonds is 4. The Morgan fingerprint density at radius 3 is 2.92 bits per heavy atom. The lowest BCUT2D eigenvalue weighted by Crippen LogP contribution is -2.45. The average Bonchev–Trinajstić information content (AvgIpc) is 3.17. The van der Waals surface area contributed by atoms with Crippen LogP contribution in [0.25, 0.3) is 5.69 Å². The SMILES string of the molecule is Cc1cc(CN2CCNCC2c2cccc(F)c2)ccc1-n1cncn1. The van der Waals surface area contributed by atoms with Crippen molar-refractivity contribution < 1.29 is 4.39 Å². The van der Waals surface area contributed by atoms with Crippen molar-refractivity contribution in [2.45, 2.75) is 19.5 Å². The zero-order valence-corrected chi connectivity index (χ0v) is 14.8. The molecule has 1 aliphatic rings. The lowest BCUT2D eigenvalue weighted by atomic mass is 10.0. The van der Waals surface area contributed by atoms with Gasteiger partial charge in [0, 0.05) is 32.2 Å². The Bertz CT molecular complexity index is 878. The number of halogens is 1. The third-order valence-electron chi connectivity index (χ3n) is 4.90. The number of aromatic nitrogens is 3. The van der Waals surface area contributed by atoms with Crippen LogP contribution >= 0.6 is 0 Å². The summed E-state index contributed by atoms with van der Waals surface area (Å²) >= 11 is 0. The number of hydrogen-bond donors (Lipinski definition) is 1. The van der Waals surface area contributed by atoms with Gasteiger partial charge in [-0.2, -0.15) is 5.10 Å². The first kappa shape index (κ1) is 16.9. The summed E-state index contributed by atoms with van der Waals surface area (Å²) < 4.78 is 15.4. The van der Waals surface area contributed by atoms with E-state index in [1.54, 1.807) is 23.1 Å². The molecule has 26 heavy (non-hydrogen) atoms. The predicted molar refractivity (Wildman–Crippen MR) is 98.5 cm³/mol. The van der Waals surface area contributed by atoms with Gasteiger partial charge in [0.15, 0.2) is 0 Å². The highest BCUT2D eigenvalue weighted by Crippen LogP contribution is 2.25. The third kappa shape index (κ3) is 3.52. The fraction of sp³-hybridized carbons (Fsp3) is 0.300. The average molecular weight is 351 g/mol. The minimum absolute atomic E-state index is 0.176. The van der Waals surface area contributed by atoms with Crippen LogP contribution in [0.3, 0.4) is 0 Å². The van der Waals surface area contributed by atoms with E-state index in [-0.39, 0.29) is 11.9 Å². The van der Waals surface area contributed by atoms with Crippen LogP contribution in [0.4, 0.5) is 4.39 Å². The van der Waals surface area contributed by atoms with Gasteiger partial charge in [0.25, 0.3) is 0 Å². The van der Waals surface area contributed by atoms with Crippen molar-refractivity contribution in [2.75, 3.05) is 19.6 Å². The van der Waals surface area contributed by atoms with Gasteiger partial charge < -0.3 is 5.32 Å². The highest BCUT2D eigenvalue weighted by atomic mass is 19.1. The topological polar surface area (TPSA) is 46.0 Å². The first-order valence-electron chi connectivity index (χ1n) is 8.85. The third-order valence-corrected chi connectivity index (χ3v) is 4.90. The molecule has 0 radical (unpaired) electrons. The molecule has 1 fully saturated rings. The highest BCUT2D eigenvalue weighted by molar-refractivity contribution is 5.41. The quantitative estimate of drug-likeness (QED) is 0.785. The molecule has 1 unspecified atom stereocenters. The molecule has 1 atom stereocenters. The summed E-state index contributed by atoms with van der Waals surface area (Å²) in [5.74, 6) is -0.180. The maximum Gasteiger partial charge on any atom is 0.138 e. The molecule has 2 aromatic carbocycles. The number of nitrogens with zero attached hydrogens (tertiary/aromatic N) is 4. The lowest BCUT2D eigenvalue weighted by Gasteiger charge is -2.36. The van der Waals surface area contributed by atoms with E-state index in [2.05, 4.69) is 45.4 Å². The number of nitrogens with one attached hydrogen (secondary N) is 1. The Morgan fingerprint density at radius 2 is 2.15 bits per heavy atom. The van der Waals surface area contributed by atoms with Gasteiger partial charge in [-0.05, 0) is 41.8 Å². The molecule has 0 saturated carbocycles. The summed E-state index contributed by atoms with van der Waals surface area (Å²) in [6, 6.07) is 13.5. The molecule has 4 rings (SSSR count). The van der Waals surface area contributed by atoms with Gasteiger partial charge in [-0.15, -0.1) is 0 Å². The summed E-state index contributed by atoms with van der Waals surface area (Å²) in [6.45, 7) is 5.63. The zero-order chi connectivity index (χ0) is 17.9. The van der Waals surface area contributed by atoms with E-state index in [0.29, 0.717) is 0 Å². The van der Waals surface area contributed by atoms with Crippen molar-refractivity contribution in [3.63, 3.8) is 0 Å². The van der Waals surface area contributed by atoms with Crippen molar-refractivity contribution >= 4 is 0 Å². The summed E-state index contributed by atoms with van der Waals surface area (Å²) in [7, 11) is 0. The molecule has 1 aromatic heterocycles. The largest absolute Gasteiger partial charge is 0.314 e. The van der Waals surface area contributed by atoms with Gasteiger partial charge in [-0.25, -0.2) is 14.1 Å². The highest BCUT2D eigenvalue weighted by Gasteiger charge is 2.24. The number of hydrogen-bond acceptors (Lipinski definition) is 4. The minimum Gasteiger partial charge on any atom is -0.314 e. The smallest absolute Gasteiger partial charge is 0.138 e. The van der Waals surface area contributed by atoms with E-state index in [9.17, 15) is 4.39 Å². The van der Waals surface area contributed by atoms with Crippen LogP contribution in [-0.2, 0) is 6.54 Å². The van der Waals surface area contributed by atoms with Crippen LogP contribution < -0.4 is 5.32 Å². The fourth-order valence-electron chi connectivity index (χ4n) is 3.62. The van der Waals surface area contributed by atoms with Gasteiger partial charge in [-0.3, -0.25) is 4.90 Å². The van der Waals surface area contributed by atoms with Crippen molar-refractivity contribution in [2.24, 2.45) is 0 Å². The molecule has 0 amide bonds. The van der Waals surface area contributed by atoms with Gasteiger partial charge >= 0.3 is 0 Å². The zero-order valence-electron chi connectivity index (χ0n) is 14.8. The fourth-order valence-corrected chi connectivity index (χ4v) is 3.62. The van der Waals surface area contributed by atoms with Crippen molar-refractivity contribution in [3.8, 4) is 5.69 Å². The lowest BCUT2D eigenvalue weighted by molar-refractivity contribution is 0.153. The standard InChI is InChI=1S/C20H22FN5/c1-15-9-16(5-6-19(15)26-14-23-13-24-26)12-25-8-7-22-11-20(25)17-3-2-4-18(21)10-17/h2-6,9-10,13-14,20,22H,7-8,11-12H2,1H3. The van der Waals surface area contributed by atoms with E-state index >= 15 is 0 Å². The van der Waals surface area contributed by atoms with Crippen LogP contribution in [0, 0.1) is 12.7 Å². The Morgan fingerprint density at radius 1 is 1.23 bits per heavy atom. The minimum atomic E-state index is -0.180. The second-order valence-electron chi connectivity index (χ2n) is 6.71. The van der Waals surface area contributed by atoms with Crippen LogP contribution in [0.2, 0.25) is 0 Å². The monoisotopic (exact) mass is 351 g/mol. The summed E-state index contributed by atoms with van der Waals surface area (Å²) in [6.07, 6.45) is 3.25. The Kier molecular flexibility index (Phi) is 4.77. The van der Waals surface area contributed by atoms with Gasteiger partial charge in [0.2, 0.25) is 0 Å². The molecule has 1 aliphatic heterocycles. The second-order valence-corrected chi connectivity index (χ2v) is 6.71. The molecular formula is C20H22FN5. The Hall–Kier alpha value is -2.57. The Labute approximate surface area is 152 Å². The van der Waals surface area contributed by atoms with Crippen LogP contribution in [-0.4, -0.2) is 39.3 Å². The van der Waals surface area contributed by atoms with Crippen LogP contribution in [0.1, 0.15) is 22.7 Å². The number of piperazine rings is 1. The van der Waals surface area contributed by atoms with E-state index in [0.717, 1.165) is 43.0 Å². The van der Waals surface area contributed by atoms with Crippen molar-refractivity contribution in [3.05, 3.63) is 77.6 Å². The molecule has 0 bridgehead atoms. The van der Waals surface area contributed by atoms with E-state index in [4.69, 9.17) is 0 Å². The van der Waals surface area contributed by atoms with Gasteiger partial charge in [-0.1, -0.05) is 24.3 Å². The molecule has 1 saturated heterocycles. The molecule has 0 aliphatic carbocycles. The first-order chi connectivity index (χ1) is 12.7. The molecular weight excluding hydrogens is 329 g/mol. The molecule has 6 heteroatoms. The molecule has 2 heterocycles. The molecule has 1 N–H and O–H groups in total. The molecule has 5 nitrogen and oxygen atoms in total. The second kappa shape index (κ2) is 7.35. The van der Waals surface area contributed by atoms with Gasteiger partial charge in [0.05, 0.1) is 5.69 Å². The van der Waals surface area contributed by atoms with Crippen LogP contribution in [0.15, 0.2) is 55.1 Å². The van der Waals surface area contributed by atoms with Crippen molar-refractivity contribution in [1.82, 2.24) is 25.0 Å². The predicted octanol–water partition coefficient (Wildman–Crippen LogP) is 2.86. The number of aryl methyl sites for hydroxylation is 1. The van der Waals surface area contributed by atoms with E-state index in [1.807, 2.05) is 6.07 Å². The Balaban J connectivity index is 1.56. The van der Waals surface area contributed by atoms with E-state index < -0.39 is 0 Å². The summed E-state index contributed by atoms with van der Waals surface area (Å²) in [5, 5.41) is 7.63. The maximum absolute atomic E-state index is 13.7. The number of benzene rings is 2. The summed E-state index contributed by atoms with van der Waals surface area (Å²) in [4.78, 5) is 6.42.